The number of hydrogen-bond acceptors (Lipinski definition) is 8. The van der Waals surface area contributed by atoms with Gasteiger partial charge >= 0.3 is 12.0 Å². The van der Waals surface area contributed by atoms with Crippen molar-refractivity contribution in [1.29, 1.82) is 0 Å². The molecule has 1 saturated heterocycles. The lowest BCUT2D eigenvalue weighted by Crippen LogP contribution is -2.62. The average molecular weight is 783 g/mol. The van der Waals surface area contributed by atoms with Gasteiger partial charge in [0, 0.05) is 24.9 Å². The zero-order chi connectivity index (χ0) is 40.4. The van der Waals surface area contributed by atoms with E-state index < -0.39 is 74.7 Å². The van der Waals surface area contributed by atoms with Gasteiger partial charge in [-0.2, -0.15) is 0 Å². The van der Waals surface area contributed by atoms with Crippen LogP contribution in [0.5, 0.6) is 0 Å². The maximum absolute atomic E-state index is 14.9. The van der Waals surface area contributed by atoms with Crippen molar-refractivity contribution < 1.29 is 37.5 Å². The van der Waals surface area contributed by atoms with Crippen molar-refractivity contribution in [2.45, 2.75) is 127 Å². The molecule has 0 radical (unpaired) electrons. The van der Waals surface area contributed by atoms with Crippen LogP contribution in [0.4, 0.5) is 10.5 Å². The van der Waals surface area contributed by atoms with Crippen LogP contribution in [0.15, 0.2) is 41.8 Å². The first-order valence-electron chi connectivity index (χ1n) is 19.6. The highest BCUT2D eigenvalue weighted by atomic mass is 32.2. The summed E-state index contributed by atoms with van der Waals surface area (Å²) in [5.74, 6) is -3.88. The minimum atomic E-state index is -4.35. The van der Waals surface area contributed by atoms with Crippen molar-refractivity contribution in [3.63, 3.8) is 0 Å². The number of fused-ring (bicyclic) bond motifs is 1. The van der Waals surface area contributed by atoms with Crippen LogP contribution in [-0.2, 0) is 29.2 Å². The third kappa shape index (κ3) is 6.67. The number of likely N-dealkylation sites (tertiary alicyclic amines) is 1. The Morgan fingerprint density at radius 3 is 2.15 bits per heavy atom. The highest BCUT2D eigenvalue weighted by Gasteiger charge is 2.85. The highest BCUT2D eigenvalue weighted by Crippen LogP contribution is 2.88. The molecule has 1 aromatic carbocycles. The normalized spacial score (nSPS) is 28.9. The number of amides is 5. The van der Waals surface area contributed by atoms with Crippen LogP contribution >= 0.6 is 0 Å². The first-order valence-corrected chi connectivity index (χ1v) is 21.1. The fourth-order valence-electron chi connectivity index (χ4n) is 10.6. The second-order valence-corrected chi connectivity index (χ2v) is 19.8. The number of anilines is 1. The fraction of sp³-hybridized carbons (Fsp3) is 0.675. The average Bonchev–Trinajstić information content (AvgIpc) is 3.84. The smallest absolute Gasteiger partial charge is 0.326 e. The van der Waals surface area contributed by atoms with Gasteiger partial charge in [-0.25, -0.2) is 22.7 Å². The van der Waals surface area contributed by atoms with Gasteiger partial charge in [0.2, 0.25) is 11.8 Å². The Bertz CT molecular complexity index is 1870. The summed E-state index contributed by atoms with van der Waals surface area (Å²) in [6, 6.07) is 2.12. The van der Waals surface area contributed by atoms with Gasteiger partial charge in [0.1, 0.15) is 28.6 Å². The minimum Gasteiger partial charge on any atom is -0.480 e. The Balaban J connectivity index is 1.27. The van der Waals surface area contributed by atoms with Crippen LogP contribution in [-0.4, -0.2) is 85.4 Å². The second-order valence-electron chi connectivity index (χ2n) is 18.1. The summed E-state index contributed by atoms with van der Waals surface area (Å²) >= 11 is 0. The summed E-state index contributed by atoms with van der Waals surface area (Å²) in [4.78, 5) is 70.6. The van der Waals surface area contributed by atoms with Crippen LogP contribution in [0, 0.1) is 33.5 Å². The van der Waals surface area contributed by atoms with E-state index in [-0.39, 0.29) is 40.0 Å². The molecule has 1 heterocycles. The number of hydrogen-bond donors (Lipinski definition) is 6. The van der Waals surface area contributed by atoms with E-state index in [0.717, 1.165) is 38.5 Å². The molecule has 1 aliphatic heterocycles. The SMILES string of the molecule is C=C[C@@H]1C[C@]1(NC(=O)[C@@H]1C[C@@]2(CN1C(=O)[C@@H](NC(=O)N[C@H](C(=O)O)C1CCCCC1)C(C)(C)C)C(C)(C)C21CCC1)C(=O)NS(=O)(=O)c1ccccc1NC. The van der Waals surface area contributed by atoms with Crippen molar-refractivity contribution in [2.75, 3.05) is 18.9 Å². The molecule has 5 amide bonds. The molecule has 302 valence electrons. The molecule has 0 bridgehead atoms. The predicted molar refractivity (Wildman–Crippen MR) is 206 cm³/mol. The van der Waals surface area contributed by atoms with Crippen LogP contribution in [0.1, 0.15) is 98.8 Å². The molecule has 15 heteroatoms. The van der Waals surface area contributed by atoms with E-state index in [2.05, 4.69) is 46.4 Å². The van der Waals surface area contributed by atoms with Crippen molar-refractivity contribution >= 4 is 45.4 Å². The zero-order valence-corrected chi connectivity index (χ0v) is 33.7. The summed E-state index contributed by atoms with van der Waals surface area (Å²) in [6.45, 7) is 13.8. The van der Waals surface area contributed by atoms with Crippen LogP contribution in [0.2, 0.25) is 0 Å². The van der Waals surface area contributed by atoms with Gasteiger partial charge < -0.3 is 31.3 Å². The predicted octanol–water partition coefficient (Wildman–Crippen LogP) is 4.14. The van der Waals surface area contributed by atoms with E-state index in [1.165, 1.54) is 17.0 Å². The summed E-state index contributed by atoms with van der Waals surface area (Å²) in [5, 5.41) is 21.2. The Morgan fingerprint density at radius 2 is 1.62 bits per heavy atom. The number of nitrogens with zero attached hydrogens (tertiary/aromatic N) is 1. The number of para-hydroxylation sites is 1. The van der Waals surface area contributed by atoms with Crippen LogP contribution in [0.25, 0.3) is 0 Å². The minimum absolute atomic E-state index is 0.0582. The molecule has 6 atom stereocenters. The van der Waals surface area contributed by atoms with E-state index in [4.69, 9.17) is 0 Å². The maximum atomic E-state index is 14.9. The molecule has 14 nitrogen and oxygen atoms in total. The van der Waals surface area contributed by atoms with Crippen LogP contribution < -0.4 is 26.0 Å². The largest absolute Gasteiger partial charge is 0.480 e. The summed E-state index contributed by atoms with van der Waals surface area (Å²) in [6.07, 6.45) is 9.11. The number of benzene rings is 1. The molecule has 1 aromatic rings. The fourth-order valence-corrected chi connectivity index (χ4v) is 11.8. The van der Waals surface area contributed by atoms with Crippen molar-refractivity contribution in [1.82, 2.24) is 25.6 Å². The number of rotatable bonds is 12. The Hall–Kier alpha value is -4.14. The van der Waals surface area contributed by atoms with E-state index in [1.54, 1.807) is 46.0 Å². The Kier molecular flexibility index (Phi) is 10.4. The number of aliphatic carboxylic acids is 1. The molecular weight excluding hydrogens is 725 g/mol. The van der Waals surface area contributed by atoms with Gasteiger partial charge in [-0.15, -0.1) is 6.58 Å². The molecule has 6 N–H and O–H groups in total. The van der Waals surface area contributed by atoms with Crippen LogP contribution in [0.3, 0.4) is 0 Å². The third-order valence-electron chi connectivity index (χ3n) is 14.2. The van der Waals surface area contributed by atoms with Crippen molar-refractivity contribution in [2.24, 2.45) is 33.5 Å². The molecule has 4 aliphatic carbocycles. The highest BCUT2D eigenvalue weighted by molar-refractivity contribution is 7.90. The quantitative estimate of drug-likeness (QED) is 0.169. The summed E-state index contributed by atoms with van der Waals surface area (Å²) in [5.41, 5.74) is -2.78. The number of carboxylic acid groups (broad SMARTS) is 1. The first-order chi connectivity index (χ1) is 25.7. The Morgan fingerprint density at radius 1 is 0.964 bits per heavy atom. The van der Waals surface area contributed by atoms with Gasteiger partial charge in [0.05, 0.1) is 5.69 Å². The number of sulfonamides is 1. The van der Waals surface area contributed by atoms with E-state index in [1.807, 2.05) is 0 Å². The van der Waals surface area contributed by atoms with Gasteiger partial charge in [0.15, 0.2) is 0 Å². The summed E-state index contributed by atoms with van der Waals surface area (Å²) in [7, 11) is -2.78. The lowest BCUT2D eigenvalue weighted by molar-refractivity contribution is -0.142. The molecule has 4 saturated carbocycles. The van der Waals surface area contributed by atoms with E-state index >= 15 is 0 Å². The molecule has 5 aliphatic rings. The molecule has 6 rings (SSSR count). The molecule has 0 aromatic heterocycles. The standard InChI is InChI=1S/C40H58N6O8S/c1-8-25-21-40(25,34(51)45-55(53,54)28-18-13-12-17-26(28)41-7)44-31(47)27-22-39(37(5,6)38(39)19-14-20-38)23-46(27)32(48)30(36(2,3)4)43-35(52)42-29(33(49)50)24-15-10-9-11-16-24/h8,12-13,17-18,24-25,27,29-30,41H,1,9-11,14-16,19-23H2,2-7H3,(H,44,47)(H,45,51)(H,49,50)(H2,42,43,52)/t25-,27+,29+,30-,39-,40-/m1/s1. The topological polar surface area (TPSA) is 203 Å². The first kappa shape index (κ1) is 40.5. The number of carbonyl (C=O) groups is 5. The number of carboxylic acids is 1. The van der Waals surface area contributed by atoms with Gasteiger partial charge in [0.25, 0.3) is 15.9 Å². The molecule has 0 unspecified atom stereocenters. The Labute approximate surface area is 324 Å². The lowest BCUT2D eigenvalue weighted by Gasteiger charge is -2.36. The van der Waals surface area contributed by atoms with Gasteiger partial charge in [-0.1, -0.05) is 78.5 Å². The van der Waals surface area contributed by atoms with Crippen molar-refractivity contribution in [3.8, 4) is 0 Å². The number of nitrogens with one attached hydrogen (secondary N) is 5. The third-order valence-corrected chi connectivity index (χ3v) is 15.6. The van der Waals surface area contributed by atoms with Gasteiger partial charge in [-0.3, -0.25) is 14.4 Å². The number of urea groups is 1. The van der Waals surface area contributed by atoms with Gasteiger partial charge in [-0.05, 0) is 72.8 Å². The van der Waals surface area contributed by atoms with E-state index in [9.17, 15) is 37.5 Å². The lowest BCUT2D eigenvalue weighted by atomic mass is 9.73. The molecular formula is C40H58N6O8S. The second kappa shape index (κ2) is 14.1. The maximum Gasteiger partial charge on any atom is 0.326 e. The molecule has 5 fully saturated rings. The molecule has 55 heavy (non-hydrogen) atoms. The number of carbonyl (C=O) groups excluding carboxylic acids is 4. The van der Waals surface area contributed by atoms with E-state index in [0.29, 0.717) is 24.9 Å². The zero-order valence-electron chi connectivity index (χ0n) is 32.9. The van der Waals surface area contributed by atoms with Crippen molar-refractivity contribution in [3.05, 3.63) is 36.9 Å². The summed E-state index contributed by atoms with van der Waals surface area (Å²) < 4.78 is 29.1. The monoisotopic (exact) mass is 782 g/mol. The molecule has 2 spiro atoms.